The molecule has 1 aromatic carbocycles. The monoisotopic (exact) mass is 653 g/mol. The molecular weight excluding hydrogens is 624 g/mol. The highest BCUT2D eigenvalue weighted by molar-refractivity contribution is 6.39. The smallest absolute Gasteiger partial charge is 0.305 e. The van der Waals surface area contributed by atoms with Gasteiger partial charge < -0.3 is 31.5 Å². The predicted octanol–water partition coefficient (Wildman–Crippen LogP) is 5.25. The lowest BCUT2D eigenvalue weighted by molar-refractivity contribution is -0.137. The number of anilines is 2. The number of carboxylic acids is 1. The summed E-state index contributed by atoms with van der Waals surface area (Å²) < 4.78 is 20.8. The number of carboxylic acid groups (broad SMARTS) is 1. The lowest BCUT2D eigenvalue weighted by Crippen LogP contribution is -2.35. The molecule has 1 saturated heterocycles. The first-order chi connectivity index (χ1) is 21.7. The van der Waals surface area contributed by atoms with E-state index in [0.29, 0.717) is 58.6 Å². The summed E-state index contributed by atoms with van der Waals surface area (Å²) in [5, 5.41) is 18.7. The normalized spacial score (nSPS) is 15.0. The van der Waals surface area contributed by atoms with Crippen LogP contribution in [0, 0.1) is 5.82 Å². The minimum Gasteiger partial charge on any atom is -0.481 e. The third kappa shape index (κ3) is 7.31. The topological polar surface area (TPSA) is 164 Å². The number of pyridine rings is 3. The summed E-state index contributed by atoms with van der Waals surface area (Å²) >= 11 is 13.7. The molecule has 4 heterocycles. The second-order valence-electron chi connectivity index (χ2n) is 10.4. The Bertz CT molecular complexity index is 1740. The first-order valence-electron chi connectivity index (χ1n) is 14.0. The first-order valence-corrected chi connectivity index (χ1v) is 14.8. The molecule has 1 unspecified atom stereocenters. The molecule has 0 bridgehead atoms. The van der Waals surface area contributed by atoms with Crippen LogP contribution in [-0.4, -0.2) is 51.6 Å². The number of aromatic nitrogens is 3. The molecule has 1 aliphatic heterocycles. The van der Waals surface area contributed by atoms with Crippen molar-refractivity contribution in [2.45, 2.75) is 37.9 Å². The zero-order valence-electron chi connectivity index (χ0n) is 24.1. The zero-order chi connectivity index (χ0) is 32.1. The molecule has 5 rings (SSSR count). The molecular formula is C31H30Cl2FN7O4. The van der Waals surface area contributed by atoms with E-state index in [1.165, 1.54) is 19.4 Å². The van der Waals surface area contributed by atoms with Crippen LogP contribution in [0.3, 0.4) is 0 Å². The third-order valence-electron chi connectivity index (χ3n) is 7.31. The number of methoxy groups -OCH3 is 1. The fraction of sp³-hybridized carbons (Fsp3) is 0.258. The summed E-state index contributed by atoms with van der Waals surface area (Å²) in [6.07, 6.45) is 3.82. The van der Waals surface area contributed by atoms with E-state index in [2.05, 4.69) is 30.9 Å². The van der Waals surface area contributed by atoms with Gasteiger partial charge in [-0.15, -0.1) is 0 Å². The number of hydrogen-bond acceptors (Lipinski definition) is 9. The molecule has 1 aliphatic rings. The SMILES string of the molecule is COc1nc(-c2ccnc(-c3cccc(Nc4nccc(C(N)CC(=O)O)c4F)c3Cl)c2Cl)ccc1CNC[C@@H]1CCC(=O)N1. The highest BCUT2D eigenvalue weighted by Crippen LogP contribution is 2.41. The van der Waals surface area contributed by atoms with Gasteiger partial charge in [-0.2, -0.15) is 0 Å². The maximum absolute atomic E-state index is 15.3. The predicted molar refractivity (Wildman–Crippen MR) is 169 cm³/mol. The Morgan fingerprint density at radius 3 is 2.69 bits per heavy atom. The second kappa shape index (κ2) is 14.2. The Balaban J connectivity index is 1.38. The molecule has 1 fully saturated rings. The molecule has 6 N–H and O–H groups in total. The summed E-state index contributed by atoms with van der Waals surface area (Å²) in [7, 11) is 1.54. The van der Waals surface area contributed by atoms with Gasteiger partial charge in [0.05, 0.1) is 40.7 Å². The number of carbonyl (C=O) groups is 2. The van der Waals surface area contributed by atoms with Crippen LogP contribution in [0.2, 0.25) is 10.0 Å². The van der Waals surface area contributed by atoms with Gasteiger partial charge in [-0.25, -0.2) is 14.4 Å². The van der Waals surface area contributed by atoms with Crippen molar-refractivity contribution < 1.29 is 23.8 Å². The number of ether oxygens (including phenoxy) is 1. The van der Waals surface area contributed by atoms with E-state index < -0.39 is 24.2 Å². The number of benzene rings is 1. The fourth-order valence-electron chi connectivity index (χ4n) is 5.04. The molecule has 1 amide bonds. The van der Waals surface area contributed by atoms with E-state index >= 15 is 4.39 Å². The average Bonchev–Trinajstić information content (AvgIpc) is 3.44. The Hall–Kier alpha value is -4.36. The van der Waals surface area contributed by atoms with Gasteiger partial charge in [0.25, 0.3) is 0 Å². The molecule has 45 heavy (non-hydrogen) atoms. The van der Waals surface area contributed by atoms with Gasteiger partial charge in [0.2, 0.25) is 11.8 Å². The number of carbonyl (C=O) groups excluding carboxylic acids is 1. The molecule has 0 spiro atoms. The van der Waals surface area contributed by atoms with Crippen LogP contribution in [0.25, 0.3) is 22.5 Å². The van der Waals surface area contributed by atoms with Crippen molar-refractivity contribution in [2.24, 2.45) is 5.73 Å². The third-order valence-corrected chi connectivity index (χ3v) is 8.10. The summed E-state index contributed by atoms with van der Waals surface area (Å²) in [6, 6.07) is 10.9. The number of nitrogens with one attached hydrogen (secondary N) is 3. The van der Waals surface area contributed by atoms with Gasteiger partial charge in [-0.1, -0.05) is 41.4 Å². The molecule has 3 aromatic heterocycles. The quantitative estimate of drug-likeness (QED) is 0.136. The summed E-state index contributed by atoms with van der Waals surface area (Å²) in [5.74, 6) is -1.61. The van der Waals surface area contributed by atoms with E-state index in [1.54, 1.807) is 30.5 Å². The summed E-state index contributed by atoms with van der Waals surface area (Å²) in [5.41, 5.74) is 9.05. The number of amides is 1. The summed E-state index contributed by atoms with van der Waals surface area (Å²) in [4.78, 5) is 35.7. The number of aliphatic carboxylic acids is 1. The van der Waals surface area contributed by atoms with Crippen molar-refractivity contribution in [1.82, 2.24) is 25.6 Å². The molecule has 4 aromatic rings. The van der Waals surface area contributed by atoms with Crippen LogP contribution in [0.1, 0.15) is 36.4 Å². The van der Waals surface area contributed by atoms with Crippen LogP contribution in [0.5, 0.6) is 5.88 Å². The van der Waals surface area contributed by atoms with Crippen molar-refractivity contribution in [2.75, 3.05) is 19.0 Å². The summed E-state index contributed by atoms with van der Waals surface area (Å²) in [6.45, 7) is 1.13. The lowest BCUT2D eigenvalue weighted by atomic mass is 10.0. The van der Waals surface area contributed by atoms with Crippen molar-refractivity contribution in [1.29, 1.82) is 0 Å². The minimum absolute atomic E-state index is 0.00614. The highest BCUT2D eigenvalue weighted by atomic mass is 35.5. The van der Waals surface area contributed by atoms with Gasteiger partial charge in [-0.05, 0) is 30.7 Å². The number of nitrogens with two attached hydrogens (primary N) is 1. The highest BCUT2D eigenvalue weighted by Gasteiger charge is 2.22. The zero-order valence-corrected chi connectivity index (χ0v) is 25.6. The van der Waals surface area contributed by atoms with E-state index in [1.807, 2.05) is 12.1 Å². The van der Waals surface area contributed by atoms with Crippen molar-refractivity contribution >= 4 is 46.6 Å². The molecule has 0 radical (unpaired) electrons. The maximum atomic E-state index is 15.3. The van der Waals surface area contributed by atoms with Crippen molar-refractivity contribution in [3.63, 3.8) is 0 Å². The second-order valence-corrected chi connectivity index (χ2v) is 11.1. The van der Waals surface area contributed by atoms with Crippen molar-refractivity contribution in [3.05, 3.63) is 81.8 Å². The molecule has 0 saturated carbocycles. The van der Waals surface area contributed by atoms with Crippen molar-refractivity contribution in [3.8, 4) is 28.4 Å². The standard InChI is InChI=1S/C31H30Cl2FN7O4/c1-45-31-16(14-36-15-17-6-8-24(42)39-17)5-7-22(41-31)19-10-11-37-29(27(19)33)20-3-2-4-23(26(20)32)40-30-28(34)18(9-12-38-30)21(35)13-25(43)44/h2-5,7,9-12,17,21,36H,6,8,13-15,35H2,1H3,(H,38,40)(H,39,42)(H,43,44)/t17-,21?/m0/s1. The number of halogens is 3. The molecule has 0 aliphatic carbocycles. The van der Waals surface area contributed by atoms with Crippen LogP contribution in [-0.2, 0) is 16.1 Å². The van der Waals surface area contributed by atoms with E-state index in [4.69, 9.17) is 38.8 Å². The Kier molecular flexibility index (Phi) is 10.1. The molecule has 11 nitrogen and oxygen atoms in total. The van der Waals surface area contributed by atoms with Gasteiger partial charge in [-0.3, -0.25) is 14.6 Å². The number of rotatable bonds is 12. The average molecular weight is 655 g/mol. The Morgan fingerprint density at radius 2 is 1.96 bits per heavy atom. The van der Waals surface area contributed by atoms with Crippen LogP contribution in [0.15, 0.2) is 54.9 Å². The Morgan fingerprint density at radius 1 is 1.16 bits per heavy atom. The molecule has 234 valence electrons. The van der Waals surface area contributed by atoms with E-state index in [9.17, 15) is 9.59 Å². The molecule has 14 heteroatoms. The van der Waals surface area contributed by atoms with Gasteiger partial charge in [0.1, 0.15) is 0 Å². The van der Waals surface area contributed by atoms with E-state index in [0.717, 1.165) is 12.0 Å². The van der Waals surface area contributed by atoms with Crippen LogP contribution < -0.4 is 26.4 Å². The lowest BCUT2D eigenvalue weighted by Gasteiger charge is -2.16. The first kappa shape index (κ1) is 32.0. The maximum Gasteiger partial charge on any atom is 0.305 e. The van der Waals surface area contributed by atoms with E-state index in [-0.39, 0.29) is 28.4 Å². The fourth-order valence-corrected chi connectivity index (χ4v) is 5.61. The van der Waals surface area contributed by atoms with Gasteiger partial charge in [0, 0.05) is 66.2 Å². The van der Waals surface area contributed by atoms with Gasteiger partial charge >= 0.3 is 5.97 Å². The van der Waals surface area contributed by atoms with Crippen LogP contribution in [0.4, 0.5) is 15.9 Å². The number of hydrogen-bond donors (Lipinski definition) is 5. The molecule has 2 atom stereocenters. The number of nitrogens with zero attached hydrogens (tertiary/aromatic N) is 3. The van der Waals surface area contributed by atoms with Gasteiger partial charge in [0.15, 0.2) is 11.6 Å². The minimum atomic E-state index is -1.15. The van der Waals surface area contributed by atoms with Crippen LogP contribution >= 0.6 is 23.2 Å². The Labute approximate surface area is 268 Å². The largest absolute Gasteiger partial charge is 0.481 e.